The molecule has 0 amide bonds. The van der Waals surface area contributed by atoms with Gasteiger partial charge in [0, 0.05) is 13.1 Å². The predicted molar refractivity (Wildman–Crippen MR) is 82.7 cm³/mol. The molecule has 1 aromatic rings. The molecule has 0 aromatic carbocycles. The first-order valence-corrected chi connectivity index (χ1v) is 7.83. The summed E-state index contributed by atoms with van der Waals surface area (Å²) in [4.78, 5) is 4.57. The molecular formula is C16H27N3. The summed E-state index contributed by atoms with van der Waals surface area (Å²) in [6.45, 7) is 4.20. The molecule has 1 saturated carbocycles. The summed E-state index contributed by atoms with van der Waals surface area (Å²) in [6, 6.07) is 6.15. The van der Waals surface area contributed by atoms with E-state index < -0.39 is 0 Å². The van der Waals surface area contributed by atoms with Crippen LogP contribution in [0.2, 0.25) is 0 Å². The van der Waals surface area contributed by atoms with E-state index in [1.54, 1.807) is 0 Å². The van der Waals surface area contributed by atoms with Gasteiger partial charge in [-0.25, -0.2) is 4.98 Å². The average Bonchev–Trinajstić information content (AvgIpc) is 2.47. The summed E-state index contributed by atoms with van der Waals surface area (Å²) >= 11 is 0. The second-order valence-corrected chi connectivity index (χ2v) is 5.55. The van der Waals surface area contributed by atoms with Crippen LogP contribution in [-0.2, 0) is 0 Å². The molecular weight excluding hydrogens is 234 g/mol. The maximum Gasteiger partial charge on any atom is 0.128 e. The van der Waals surface area contributed by atoms with Gasteiger partial charge >= 0.3 is 0 Å². The zero-order chi connectivity index (χ0) is 13.3. The highest BCUT2D eigenvalue weighted by atomic mass is 15.1. The average molecular weight is 261 g/mol. The quantitative estimate of drug-likeness (QED) is 0.769. The van der Waals surface area contributed by atoms with E-state index in [-0.39, 0.29) is 0 Å². The van der Waals surface area contributed by atoms with E-state index in [9.17, 15) is 0 Å². The molecule has 0 bridgehead atoms. The molecule has 0 atom stereocenters. The molecule has 0 saturated heterocycles. The van der Waals surface area contributed by atoms with Crippen LogP contribution in [0, 0.1) is 5.92 Å². The van der Waals surface area contributed by atoms with Crippen LogP contribution in [0.5, 0.6) is 0 Å². The maximum absolute atomic E-state index is 4.57. The number of nitrogens with one attached hydrogen (secondary N) is 2. The highest BCUT2D eigenvalue weighted by molar-refractivity contribution is 5.44. The second kappa shape index (κ2) is 8.03. The number of hydrogen-bond donors (Lipinski definition) is 2. The lowest BCUT2D eigenvalue weighted by molar-refractivity contribution is 0.345. The first-order valence-electron chi connectivity index (χ1n) is 7.83. The zero-order valence-electron chi connectivity index (χ0n) is 12.1. The fourth-order valence-electron chi connectivity index (χ4n) is 2.76. The van der Waals surface area contributed by atoms with E-state index in [4.69, 9.17) is 0 Å². The van der Waals surface area contributed by atoms with Gasteiger partial charge in [-0.3, -0.25) is 0 Å². The van der Waals surface area contributed by atoms with Crippen molar-refractivity contribution in [1.82, 2.24) is 4.98 Å². The van der Waals surface area contributed by atoms with Gasteiger partial charge in [0.05, 0.1) is 0 Å². The Labute approximate surface area is 117 Å². The molecule has 19 heavy (non-hydrogen) atoms. The van der Waals surface area contributed by atoms with Crippen molar-refractivity contribution in [3.05, 3.63) is 18.2 Å². The van der Waals surface area contributed by atoms with Gasteiger partial charge in [0.25, 0.3) is 0 Å². The van der Waals surface area contributed by atoms with Crippen LogP contribution in [0.25, 0.3) is 0 Å². The van der Waals surface area contributed by atoms with E-state index in [0.29, 0.717) is 0 Å². The number of hydrogen-bond acceptors (Lipinski definition) is 3. The minimum absolute atomic E-state index is 0.933. The maximum atomic E-state index is 4.57. The van der Waals surface area contributed by atoms with Crippen LogP contribution >= 0.6 is 0 Å². The van der Waals surface area contributed by atoms with Gasteiger partial charge in [0.1, 0.15) is 11.6 Å². The number of rotatable bonds is 7. The van der Waals surface area contributed by atoms with E-state index >= 15 is 0 Å². The minimum atomic E-state index is 0.933. The van der Waals surface area contributed by atoms with Crippen LogP contribution in [0.15, 0.2) is 18.2 Å². The molecule has 2 rings (SSSR count). The fourth-order valence-corrected chi connectivity index (χ4v) is 2.76. The van der Waals surface area contributed by atoms with Crippen molar-refractivity contribution in [2.24, 2.45) is 5.92 Å². The summed E-state index contributed by atoms with van der Waals surface area (Å²) in [5, 5.41) is 6.78. The summed E-state index contributed by atoms with van der Waals surface area (Å²) < 4.78 is 0. The molecule has 1 aliphatic carbocycles. The van der Waals surface area contributed by atoms with Gasteiger partial charge in [0.15, 0.2) is 0 Å². The van der Waals surface area contributed by atoms with Crippen molar-refractivity contribution in [3.8, 4) is 0 Å². The molecule has 1 aliphatic rings. The van der Waals surface area contributed by atoms with Crippen molar-refractivity contribution in [2.45, 2.75) is 51.9 Å². The van der Waals surface area contributed by atoms with Crippen LogP contribution < -0.4 is 10.6 Å². The highest BCUT2D eigenvalue weighted by Crippen LogP contribution is 2.26. The SMILES string of the molecule is CCCNc1cccc(NCCC2CCCCC2)n1. The van der Waals surface area contributed by atoms with Crippen LogP contribution in [-0.4, -0.2) is 18.1 Å². The molecule has 2 N–H and O–H groups in total. The fraction of sp³-hybridized carbons (Fsp3) is 0.688. The Balaban J connectivity index is 1.72. The molecule has 106 valence electrons. The lowest BCUT2D eigenvalue weighted by atomic mass is 9.87. The van der Waals surface area contributed by atoms with Crippen LogP contribution in [0.1, 0.15) is 51.9 Å². The van der Waals surface area contributed by atoms with Gasteiger partial charge in [-0.2, -0.15) is 0 Å². The Kier molecular flexibility index (Phi) is 5.99. The lowest BCUT2D eigenvalue weighted by Gasteiger charge is -2.21. The highest BCUT2D eigenvalue weighted by Gasteiger charge is 2.12. The summed E-state index contributed by atoms with van der Waals surface area (Å²) in [5.41, 5.74) is 0. The van der Waals surface area contributed by atoms with Gasteiger partial charge < -0.3 is 10.6 Å². The van der Waals surface area contributed by atoms with Gasteiger partial charge in [-0.05, 0) is 30.9 Å². The van der Waals surface area contributed by atoms with E-state index in [1.807, 2.05) is 6.07 Å². The third-order valence-corrected chi connectivity index (χ3v) is 3.89. The van der Waals surface area contributed by atoms with Gasteiger partial charge in [-0.15, -0.1) is 0 Å². The van der Waals surface area contributed by atoms with Crippen molar-refractivity contribution >= 4 is 11.6 Å². The third-order valence-electron chi connectivity index (χ3n) is 3.89. The Bertz CT molecular complexity index is 359. The monoisotopic (exact) mass is 261 g/mol. The minimum Gasteiger partial charge on any atom is -0.370 e. The number of pyridine rings is 1. The standard InChI is InChI=1S/C16H27N3/c1-2-12-17-15-9-6-10-16(19-15)18-13-11-14-7-4-3-5-8-14/h6,9-10,14H,2-5,7-8,11-13H2,1H3,(H2,17,18,19). The van der Waals surface area contributed by atoms with E-state index in [0.717, 1.165) is 37.1 Å². The molecule has 3 nitrogen and oxygen atoms in total. The largest absolute Gasteiger partial charge is 0.370 e. The second-order valence-electron chi connectivity index (χ2n) is 5.55. The molecule has 0 spiro atoms. The van der Waals surface area contributed by atoms with E-state index in [2.05, 4.69) is 34.7 Å². The topological polar surface area (TPSA) is 37.0 Å². The summed E-state index contributed by atoms with van der Waals surface area (Å²) in [5.74, 6) is 2.91. The predicted octanol–water partition coefficient (Wildman–Crippen LogP) is 4.29. The van der Waals surface area contributed by atoms with Crippen molar-refractivity contribution in [1.29, 1.82) is 0 Å². The molecule has 1 fully saturated rings. The van der Waals surface area contributed by atoms with Gasteiger partial charge in [0.2, 0.25) is 0 Å². The van der Waals surface area contributed by atoms with Crippen molar-refractivity contribution in [2.75, 3.05) is 23.7 Å². The molecule has 1 heterocycles. The normalized spacial score (nSPS) is 16.3. The van der Waals surface area contributed by atoms with Crippen molar-refractivity contribution < 1.29 is 0 Å². The van der Waals surface area contributed by atoms with E-state index in [1.165, 1.54) is 38.5 Å². The zero-order valence-corrected chi connectivity index (χ0v) is 12.1. The molecule has 0 aliphatic heterocycles. The third kappa shape index (κ3) is 5.09. The Morgan fingerprint density at radius 1 is 1.05 bits per heavy atom. The van der Waals surface area contributed by atoms with Crippen molar-refractivity contribution in [3.63, 3.8) is 0 Å². The molecule has 3 heteroatoms. The number of nitrogens with zero attached hydrogens (tertiary/aromatic N) is 1. The molecule has 0 radical (unpaired) electrons. The number of anilines is 2. The van der Waals surface area contributed by atoms with Crippen LogP contribution in [0.4, 0.5) is 11.6 Å². The Morgan fingerprint density at radius 2 is 1.74 bits per heavy atom. The smallest absolute Gasteiger partial charge is 0.128 e. The summed E-state index contributed by atoms with van der Waals surface area (Å²) in [7, 11) is 0. The van der Waals surface area contributed by atoms with Crippen LogP contribution in [0.3, 0.4) is 0 Å². The first kappa shape index (κ1) is 14.2. The summed E-state index contributed by atoms with van der Waals surface area (Å²) in [6.07, 6.45) is 9.56. The molecule has 1 aromatic heterocycles. The molecule has 0 unspecified atom stereocenters. The Morgan fingerprint density at radius 3 is 2.42 bits per heavy atom. The first-order chi connectivity index (χ1) is 9.38. The van der Waals surface area contributed by atoms with Gasteiger partial charge in [-0.1, -0.05) is 45.1 Å². The Hall–Kier alpha value is -1.25. The lowest BCUT2D eigenvalue weighted by Crippen LogP contribution is -2.13. The number of aromatic nitrogens is 1.